The number of nitrogens with zero attached hydrogens (tertiary/aromatic N) is 3. The second-order valence-corrected chi connectivity index (χ2v) is 3.71. The van der Waals surface area contributed by atoms with E-state index in [0.29, 0.717) is 28.8 Å². The van der Waals surface area contributed by atoms with Crippen molar-refractivity contribution in [2.24, 2.45) is 0 Å². The molecule has 0 unspecified atom stereocenters. The van der Waals surface area contributed by atoms with Crippen LogP contribution in [0.4, 0.5) is 5.82 Å². The minimum absolute atomic E-state index is 0.357. The van der Waals surface area contributed by atoms with Gasteiger partial charge in [0.1, 0.15) is 11.9 Å². The normalized spacial score (nSPS) is 12.6. The average molecular weight is 236 g/mol. The Kier molecular flexibility index (Phi) is 2.66. The Morgan fingerprint density at radius 3 is 2.71 bits per heavy atom. The van der Waals surface area contributed by atoms with E-state index in [1.165, 1.54) is 6.92 Å². The highest BCUT2D eigenvalue weighted by atomic mass is 16.4. The van der Waals surface area contributed by atoms with Crippen LogP contribution >= 0.6 is 0 Å². The molecule has 7 nitrogen and oxygen atoms in total. The number of rotatable bonds is 3. The van der Waals surface area contributed by atoms with Gasteiger partial charge in [0, 0.05) is 6.92 Å². The molecule has 17 heavy (non-hydrogen) atoms. The fraction of sp³-hybridized carbons (Fsp3) is 0.400. The van der Waals surface area contributed by atoms with Gasteiger partial charge < -0.3 is 14.8 Å². The average Bonchev–Trinajstić information content (AvgIpc) is 2.58. The summed E-state index contributed by atoms with van der Waals surface area (Å²) in [7, 11) is 0. The van der Waals surface area contributed by atoms with E-state index in [4.69, 9.17) is 9.52 Å². The first-order chi connectivity index (χ1) is 7.97. The summed E-state index contributed by atoms with van der Waals surface area (Å²) in [6, 6.07) is -0.760. The summed E-state index contributed by atoms with van der Waals surface area (Å²) in [6.07, 6.45) is 0. The van der Waals surface area contributed by atoms with Crippen molar-refractivity contribution in [1.82, 2.24) is 15.0 Å². The second kappa shape index (κ2) is 4.00. The third-order valence-electron chi connectivity index (χ3n) is 2.20. The number of nitrogens with one attached hydrogen (secondary N) is 1. The third kappa shape index (κ3) is 2.17. The zero-order valence-electron chi connectivity index (χ0n) is 9.68. The van der Waals surface area contributed by atoms with Crippen LogP contribution in [-0.4, -0.2) is 32.1 Å². The SMILES string of the molecule is Cc1nc(N[C@@H](C)C(=O)O)c2nc(C)oc2n1. The molecule has 2 aromatic heterocycles. The van der Waals surface area contributed by atoms with Crippen LogP contribution in [-0.2, 0) is 4.79 Å². The molecule has 7 heteroatoms. The van der Waals surface area contributed by atoms with Crippen LogP contribution in [0.25, 0.3) is 11.2 Å². The Morgan fingerprint density at radius 2 is 2.06 bits per heavy atom. The van der Waals surface area contributed by atoms with Crippen LogP contribution < -0.4 is 5.32 Å². The fourth-order valence-electron chi connectivity index (χ4n) is 1.40. The van der Waals surface area contributed by atoms with E-state index >= 15 is 0 Å². The van der Waals surface area contributed by atoms with Crippen molar-refractivity contribution in [3.8, 4) is 0 Å². The van der Waals surface area contributed by atoms with Gasteiger partial charge in [-0.1, -0.05) is 0 Å². The van der Waals surface area contributed by atoms with E-state index in [0.717, 1.165) is 0 Å². The number of carbonyl (C=O) groups is 1. The lowest BCUT2D eigenvalue weighted by atomic mass is 10.3. The maximum absolute atomic E-state index is 10.8. The number of aliphatic carboxylic acids is 1. The largest absolute Gasteiger partial charge is 0.480 e. The van der Waals surface area contributed by atoms with E-state index in [9.17, 15) is 4.79 Å². The van der Waals surface area contributed by atoms with Crippen molar-refractivity contribution in [1.29, 1.82) is 0 Å². The quantitative estimate of drug-likeness (QED) is 0.823. The lowest BCUT2D eigenvalue weighted by Crippen LogP contribution is -2.26. The van der Waals surface area contributed by atoms with E-state index in [1.807, 2.05) is 0 Å². The Bertz CT molecular complexity index is 578. The number of aromatic nitrogens is 3. The molecule has 0 aliphatic carbocycles. The maximum atomic E-state index is 10.8. The van der Waals surface area contributed by atoms with Gasteiger partial charge in [-0.25, -0.2) is 9.97 Å². The second-order valence-electron chi connectivity index (χ2n) is 3.71. The summed E-state index contributed by atoms with van der Waals surface area (Å²) in [5.74, 6) is 0.369. The van der Waals surface area contributed by atoms with Crippen LogP contribution in [0.1, 0.15) is 18.6 Å². The lowest BCUT2D eigenvalue weighted by molar-refractivity contribution is -0.137. The van der Waals surface area contributed by atoms with E-state index in [1.54, 1.807) is 13.8 Å². The summed E-state index contributed by atoms with van der Waals surface area (Å²) in [5.41, 5.74) is 0.802. The van der Waals surface area contributed by atoms with Crippen molar-refractivity contribution < 1.29 is 14.3 Å². The Labute approximate surface area is 96.9 Å². The predicted octanol–water partition coefficient (Wildman–Crippen LogP) is 1.12. The molecule has 2 heterocycles. The molecule has 0 saturated heterocycles. The Hall–Kier alpha value is -2.18. The monoisotopic (exact) mass is 236 g/mol. The van der Waals surface area contributed by atoms with Gasteiger partial charge in [-0.15, -0.1) is 0 Å². The third-order valence-corrected chi connectivity index (χ3v) is 2.20. The molecule has 0 saturated carbocycles. The molecule has 0 aromatic carbocycles. The highest BCUT2D eigenvalue weighted by molar-refractivity contribution is 5.84. The first-order valence-corrected chi connectivity index (χ1v) is 5.08. The first-order valence-electron chi connectivity index (χ1n) is 5.08. The molecule has 0 radical (unpaired) electrons. The van der Waals surface area contributed by atoms with E-state index < -0.39 is 12.0 Å². The van der Waals surface area contributed by atoms with Crippen molar-refractivity contribution in [2.75, 3.05) is 5.32 Å². The van der Waals surface area contributed by atoms with Crippen LogP contribution in [0.5, 0.6) is 0 Å². The van der Waals surface area contributed by atoms with Crippen molar-refractivity contribution >= 4 is 23.0 Å². The number of fused-ring (bicyclic) bond motifs is 1. The van der Waals surface area contributed by atoms with Gasteiger partial charge in [0.15, 0.2) is 17.2 Å². The zero-order chi connectivity index (χ0) is 12.6. The zero-order valence-corrected chi connectivity index (χ0v) is 9.68. The van der Waals surface area contributed by atoms with Gasteiger partial charge in [-0.2, -0.15) is 4.98 Å². The lowest BCUT2D eigenvalue weighted by Gasteiger charge is -2.09. The number of carboxylic acid groups (broad SMARTS) is 1. The number of oxazole rings is 1. The highest BCUT2D eigenvalue weighted by Gasteiger charge is 2.17. The summed E-state index contributed by atoms with van der Waals surface area (Å²) in [4.78, 5) is 23.1. The van der Waals surface area contributed by atoms with Crippen LogP contribution in [0, 0.1) is 13.8 Å². The van der Waals surface area contributed by atoms with Gasteiger partial charge in [0.2, 0.25) is 0 Å². The van der Waals surface area contributed by atoms with Gasteiger partial charge in [-0.3, -0.25) is 4.79 Å². The first kappa shape index (κ1) is 11.3. The van der Waals surface area contributed by atoms with Crippen LogP contribution in [0.2, 0.25) is 0 Å². The van der Waals surface area contributed by atoms with Gasteiger partial charge in [0.05, 0.1) is 0 Å². The number of carboxylic acids is 1. The molecule has 0 aliphatic rings. The van der Waals surface area contributed by atoms with E-state index in [2.05, 4.69) is 20.3 Å². The summed E-state index contributed by atoms with van der Waals surface area (Å²) in [6.45, 7) is 4.92. The topological polar surface area (TPSA) is 101 Å². The Morgan fingerprint density at radius 1 is 1.35 bits per heavy atom. The molecule has 0 amide bonds. The summed E-state index contributed by atoms with van der Waals surface area (Å²) >= 11 is 0. The molecule has 2 aromatic rings. The minimum atomic E-state index is -0.963. The van der Waals surface area contributed by atoms with Gasteiger partial charge >= 0.3 is 5.97 Å². The summed E-state index contributed by atoms with van der Waals surface area (Å²) in [5, 5.41) is 11.6. The molecule has 2 rings (SSSR count). The highest BCUT2D eigenvalue weighted by Crippen LogP contribution is 2.20. The van der Waals surface area contributed by atoms with Crippen LogP contribution in [0.15, 0.2) is 4.42 Å². The number of hydrogen-bond donors (Lipinski definition) is 2. The van der Waals surface area contributed by atoms with Crippen molar-refractivity contribution in [2.45, 2.75) is 26.8 Å². The molecular weight excluding hydrogens is 224 g/mol. The Balaban J connectivity index is 2.48. The molecular formula is C10H12N4O3. The molecule has 1 atom stereocenters. The minimum Gasteiger partial charge on any atom is -0.480 e. The molecule has 2 N–H and O–H groups in total. The molecule has 90 valence electrons. The molecule has 0 spiro atoms. The predicted molar refractivity (Wildman–Crippen MR) is 59.8 cm³/mol. The van der Waals surface area contributed by atoms with Gasteiger partial charge in [-0.05, 0) is 13.8 Å². The fourth-order valence-corrected chi connectivity index (χ4v) is 1.40. The number of hydrogen-bond acceptors (Lipinski definition) is 6. The van der Waals surface area contributed by atoms with Crippen LogP contribution in [0.3, 0.4) is 0 Å². The molecule has 0 bridgehead atoms. The smallest absolute Gasteiger partial charge is 0.325 e. The van der Waals surface area contributed by atoms with Gasteiger partial charge in [0.25, 0.3) is 5.71 Å². The maximum Gasteiger partial charge on any atom is 0.325 e. The standard InChI is InChI=1S/C10H12N4O3/c1-4(10(15)16)11-8-7-9(13-5(2)12-8)17-6(3)14-7/h4H,1-3H3,(H,15,16)(H,11,12,13)/t4-/m0/s1. The van der Waals surface area contributed by atoms with E-state index in [-0.39, 0.29) is 0 Å². The number of aryl methyl sites for hydroxylation is 2. The molecule has 0 fully saturated rings. The van der Waals surface area contributed by atoms with Crippen molar-refractivity contribution in [3.05, 3.63) is 11.7 Å². The molecule has 0 aliphatic heterocycles. The van der Waals surface area contributed by atoms with Crippen molar-refractivity contribution in [3.63, 3.8) is 0 Å². The summed E-state index contributed by atoms with van der Waals surface area (Å²) < 4.78 is 5.28. The number of anilines is 1.